The van der Waals surface area contributed by atoms with Crippen molar-refractivity contribution in [3.63, 3.8) is 0 Å². The van der Waals surface area contributed by atoms with E-state index in [0.29, 0.717) is 30.1 Å². The number of rotatable bonds is 4. The second kappa shape index (κ2) is 7.84. The number of carbonyl (C=O) groups is 2. The monoisotopic (exact) mass is 376 g/mol. The summed E-state index contributed by atoms with van der Waals surface area (Å²) in [5.41, 5.74) is 2.33. The van der Waals surface area contributed by atoms with Gasteiger partial charge in [0, 0.05) is 39.1 Å². The Balaban J connectivity index is 1.32. The molecule has 2 aromatic rings. The Kier molecular flexibility index (Phi) is 5.10. The third-order valence-electron chi connectivity index (χ3n) is 5.47. The number of hydrogen-bond acceptors (Lipinski definition) is 3. The van der Waals surface area contributed by atoms with E-state index in [1.807, 2.05) is 6.07 Å². The molecule has 1 saturated heterocycles. The summed E-state index contributed by atoms with van der Waals surface area (Å²) in [7, 11) is 1.76. The zero-order valence-electron chi connectivity index (χ0n) is 16.0. The van der Waals surface area contributed by atoms with Crippen molar-refractivity contribution in [1.29, 1.82) is 0 Å². The standard InChI is InChI=1S/C22H24N4O2/c1-23-22(25-13-11-17(15-25)16-7-3-2-4-8-16)24-12-14-26-20(27)18-9-5-6-10-19(18)21(26)28/h2-10,17H,11-15H2,1H3,(H,23,24). The highest BCUT2D eigenvalue weighted by atomic mass is 16.2. The fraction of sp³-hybridized carbons (Fsp3) is 0.318. The summed E-state index contributed by atoms with van der Waals surface area (Å²) in [6.45, 7) is 2.65. The number of likely N-dealkylation sites (tertiary alicyclic amines) is 1. The zero-order chi connectivity index (χ0) is 19.5. The minimum atomic E-state index is -0.220. The summed E-state index contributed by atoms with van der Waals surface area (Å²) in [6.07, 6.45) is 1.09. The second-order valence-corrected chi connectivity index (χ2v) is 7.12. The van der Waals surface area contributed by atoms with Crippen LogP contribution in [0.2, 0.25) is 0 Å². The third-order valence-corrected chi connectivity index (χ3v) is 5.47. The molecule has 2 aliphatic rings. The van der Waals surface area contributed by atoms with Gasteiger partial charge in [-0.15, -0.1) is 0 Å². The number of guanidine groups is 1. The number of hydrogen-bond donors (Lipinski definition) is 1. The number of carbonyl (C=O) groups excluding carboxylic acids is 2. The van der Waals surface area contributed by atoms with Crippen molar-refractivity contribution in [2.75, 3.05) is 33.2 Å². The first kappa shape index (κ1) is 18.2. The van der Waals surface area contributed by atoms with Gasteiger partial charge >= 0.3 is 0 Å². The van der Waals surface area contributed by atoms with E-state index in [4.69, 9.17) is 0 Å². The van der Waals surface area contributed by atoms with Crippen molar-refractivity contribution in [1.82, 2.24) is 15.1 Å². The van der Waals surface area contributed by atoms with Gasteiger partial charge in [0.15, 0.2) is 5.96 Å². The van der Waals surface area contributed by atoms with Crippen LogP contribution in [0.25, 0.3) is 0 Å². The van der Waals surface area contributed by atoms with Crippen LogP contribution in [0.1, 0.15) is 38.6 Å². The molecule has 0 bridgehead atoms. The molecule has 6 heteroatoms. The fourth-order valence-electron chi connectivity index (χ4n) is 4.00. The third kappa shape index (κ3) is 3.38. The molecule has 144 valence electrons. The Labute approximate surface area is 164 Å². The molecule has 1 N–H and O–H groups in total. The van der Waals surface area contributed by atoms with Crippen molar-refractivity contribution in [2.45, 2.75) is 12.3 Å². The molecule has 2 heterocycles. The lowest BCUT2D eigenvalue weighted by Crippen LogP contribution is -2.44. The number of fused-ring (bicyclic) bond motifs is 1. The molecule has 0 aliphatic carbocycles. The van der Waals surface area contributed by atoms with Crippen molar-refractivity contribution in [3.05, 3.63) is 71.3 Å². The SMILES string of the molecule is CN=C(NCCN1C(=O)c2ccccc2C1=O)N1CCC(c2ccccc2)C1. The molecule has 0 aromatic heterocycles. The van der Waals surface area contributed by atoms with Crippen LogP contribution in [-0.2, 0) is 0 Å². The van der Waals surface area contributed by atoms with Crippen LogP contribution in [0, 0.1) is 0 Å². The minimum Gasteiger partial charge on any atom is -0.354 e. The fourth-order valence-corrected chi connectivity index (χ4v) is 4.00. The highest BCUT2D eigenvalue weighted by molar-refractivity contribution is 6.21. The van der Waals surface area contributed by atoms with Gasteiger partial charge in [-0.25, -0.2) is 0 Å². The maximum absolute atomic E-state index is 12.4. The molecule has 1 fully saturated rings. The van der Waals surface area contributed by atoms with Gasteiger partial charge in [0.25, 0.3) is 11.8 Å². The minimum absolute atomic E-state index is 0.220. The molecule has 2 aliphatic heterocycles. The Hall–Kier alpha value is -3.15. The van der Waals surface area contributed by atoms with Crippen LogP contribution in [0.3, 0.4) is 0 Å². The number of benzene rings is 2. The summed E-state index contributed by atoms with van der Waals surface area (Å²) in [6, 6.07) is 17.5. The van der Waals surface area contributed by atoms with Gasteiger partial charge in [0.1, 0.15) is 0 Å². The second-order valence-electron chi connectivity index (χ2n) is 7.12. The van der Waals surface area contributed by atoms with E-state index in [-0.39, 0.29) is 11.8 Å². The predicted molar refractivity (Wildman–Crippen MR) is 109 cm³/mol. The lowest BCUT2D eigenvalue weighted by molar-refractivity contribution is 0.0657. The van der Waals surface area contributed by atoms with Crippen LogP contribution in [0.15, 0.2) is 59.6 Å². The molecule has 0 radical (unpaired) electrons. The lowest BCUT2D eigenvalue weighted by Gasteiger charge is -2.23. The summed E-state index contributed by atoms with van der Waals surface area (Å²) >= 11 is 0. The van der Waals surface area contributed by atoms with Gasteiger partial charge in [-0.2, -0.15) is 0 Å². The summed E-state index contributed by atoms with van der Waals surface area (Å²) in [4.78, 5) is 32.8. The molecule has 2 aromatic carbocycles. The lowest BCUT2D eigenvalue weighted by atomic mass is 9.99. The highest BCUT2D eigenvalue weighted by Crippen LogP contribution is 2.27. The van der Waals surface area contributed by atoms with Crippen molar-refractivity contribution in [3.8, 4) is 0 Å². The largest absolute Gasteiger partial charge is 0.354 e. The molecule has 2 amide bonds. The van der Waals surface area contributed by atoms with Crippen LogP contribution in [0.4, 0.5) is 0 Å². The normalized spacial score (nSPS) is 19.3. The van der Waals surface area contributed by atoms with Gasteiger partial charge in [0.05, 0.1) is 11.1 Å². The highest BCUT2D eigenvalue weighted by Gasteiger charge is 2.34. The van der Waals surface area contributed by atoms with Crippen molar-refractivity contribution >= 4 is 17.8 Å². The quantitative estimate of drug-likeness (QED) is 0.505. The maximum Gasteiger partial charge on any atom is 0.261 e. The summed E-state index contributed by atoms with van der Waals surface area (Å²) in [5.74, 6) is 0.872. The van der Waals surface area contributed by atoms with Crippen molar-refractivity contribution in [2.24, 2.45) is 4.99 Å². The first-order valence-corrected chi connectivity index (χ1v) is 9.65. The molecular formula is C22H24N4O2. The van der Waals surface area contributed by atoms with Crippen LogP contribution >= 0.6 is 0 Å². The molecule has 1 atom stereocenters. The molecular weight excluding hydrogens is 352 g/mol. The topological polar surface area (TPSA) is 65.0 Å². The average Bonchev–Trinajstić information content (AvgIpc) is 3.32. The molecule has 0 saturated carbocycles. The first-order valence-electron chi connectivity index (χ1n) is 9.65. The van der Waals surface area contributed by atoms with Gasteiger partial charge in [-0.1, -0.05) is 42.5 Å². The molecule has 6 nitrogen and oxygen atoms in total. The van der Waals surface area contributed by atoms with E-state index in [1.165, 1.54) is 10.5 Å². The van der Waals surface area contributed by atoms with E-state index in [0.717, 1.165) is 25.5 Å². The Morgan fingerprint density at radius 3 is 2.32 bits per heavy atom. The number of aliphatic imine (C=N–C) groups is 1. The molecule has 4 rings (SSSR count). The predicted octanol–water partition coefficient (Wildman–Crippen LogP) is 2.35. The van der Waals surface area contributed by atoms with Gasteiger partial charge in [0.2, 0.25) is 0 Å². The summed E-state index contributed by atoms with van der Waals surface area (Å²) < 4.78 is 0. The van der Waals surface area contributed by atoms with E-state index < -0.39 is 0 Å². The number of amides is 2. The van der Waals surface area contributed by atoms with Gasteiger partial charge < -0.3 is 10.2 Å². The van der Waals surface area contributed by atoms with Gasteiger partial charge in [-0.05, 0) is 24.1 Å². The van der Waals surface area contributed by atoms with E-state index in [2.05, 4.69) is 39.5 Å². The first-order chi connectivity index (χ1) is 13.7. The Morgan fingerprint density at radius 1 is 1.04 bits per heavy atom. The molecule has 0 spiro atoms. The van der Waals surface area contributed by atoms with Crippen molar-refractivity contribution < 1.29 is 9.59 Å². The zero-order valence-corrected chi connectivity index (χ0v) is 16.0. The number of imide groups is 1. The van der Waals surface area contributed by atoms with E-state index in [1.54, 1.807) is 31.3 Å². The molecule has 1 unspecified atom stereocenters. The van der Waals surface area contributed by atoms with Crippen LogP contribution in [0.5, 0.6) is 0 Å². The summed E-state index contributed by atoms with van der Waals surface area (Å²) in [5, 5.41) is 3.31. The maximum atomic E-state index is 12.4. The number of nitrogens with one attached hydrogen (secondary N) is 1. The van der Waals surface area contributed by atoms with E-state index in [9.17, 15) is 9.59 Å². The van der Waals surface area contributed by atoms with E-state index >= 15 is 0 Å². The number of nitrogens with zero attached hydrogens (tertiary/aromatic N) is 3. The van der Waals surface area contributed by atoms with Crippen LogP contribution in [-0.4, -0.2) is 60.8 Å². The van der Waals surface area contributed by atoms with Crippen LogP contribution < -0.4 is 5.32 Å². The average molecular weight is 376 g/mol. The Morgan fingerprint density at radius 2 is 1.68 bits per heavy atom. The smallest absolute Gasteiger partial charge is 0.261 e. The molecule has 28 heavy (non-hydrogen) atoms. The Bertz CT molecular complexity index is 875. The van der Waals surface area contributed by atoms with Gasteiger partial charge in [-0.3, -0.25) is 19.5 Å².